The van der Waals surface area contributed by atoms with E-state index in [2.05, 4.69) is 13.1 Å². The molecule has 1 saturated heterocycles. The monoisotopic (exact) mass is 262 g/mol. The highest BCUT2D eigenvalue weighted by atomic mass is 16.3. The Hall–Kier alpha value is -1.06. The average molecular weight is 262 g/mol. The zero-order valence-corrected chi connectivity index (χ0v) is 11.7. The lowest BCUT2D eigenvalue weighted by Gasteiger charge is -2.50. The number of likely N-dealkylation sites (tertiary alicyclic amines) is 1. The topological polar surface area (TPSA) is 40.5 Å². The summed E-state index contributed by atoms with van der Waals surface area (Å²) in [7, 11) is 2.29. The number of fused-ring (bicyclic) bond motifs is 3. The largest absolute Gasteiger partial charge is 0.508 e. The average Bonchev–Trinajstić information content (AvgIpc) is 2.39. The van der Waals surface area contributed by atoms with Crippen LogP contribution in [0.5, 0.6) is 5.75 Å². The first-order chi connectivity index (χ1) is 9.15. The molecule has 0 amide bonds. The predicted octanol–water partition coefficient (Wildman–Crippen LogP) is 2.02. The molecule has 1 aliphatic heterocycles. The Morgan fingerprint density at radius 2 is 2.16 bits per heavy atom. The van der Waals surface area contributed by atoms with Gasteiger partial charge in [-0.1, -0.05) is 12.1 Å². The number of rotatable bonds is 2. The van der Waals surface area contributed by atoms with Gasteiger partial charge < -0.3 is 14.7 Å². The lowest BCUT2D eigenvalue weighted by Crippen LogP contribution is -2.60. The molecule has 0 saturated carbocycles. The fourth-order valence-corrected chi connectivity index (χ4v) is 4.35. The van der Waals surface area contributed by atoms with Crippen molar-refractivity contribution in [3.8, 4) is 5.75 Å². The van der Waals surface area contributed by atoms with Crippen LogP contribution in [0.25, 0.3) is 0 Å². The summed E-state index contributed by atoms with van der Waals surface area (Å²) < 4.78 is 0.996. The van der Waals surface area contributed by atoms with E-state index in [9.17, 15) is 10.2 Å². The van der Waals surface area contributed by atoms with Crippen molar-refractivity contribution in [2.75, 3.05) is 26.7 Å². The van der Waals surface area contributed by atoms with Gasteiger partial charge in [-0.15, -0.1) is 0 Å². The van der Waals surface area contributed by atoms with E-state index >= 15 is 0 Å². The van der Waals surface area contributed by atoms with Gasteiger partial charge in [-0.3, -0.25) is 0 Å². The molecule has 1 aromatic carbocycles. The van der Waals surface area contributed by atoms with Crippen LogP contribution in [-0.4, -0.2) is 47.5 Å². The number of likely N-dealkylation sites (N-methyl/N-ethyl adjacent to an activating group) is 1. The number of nitrogens with zero attached hydrogens (tertiary/aromatic N) is 1. The smallest absolute Gasteiger partial charge is 0.119 e. The maximum Gasteiger partial charge on any atom is 0.119 e. The second kappa shape index (κ2) is 4.80. The molecule has 0 spiro atoms. The van der Waals surface area contributed by atoms with Gasteiger partial charge in [0, 0.05) is 12.3 Å². The van der Waals surface area contributed by atoms with Crippen LogP contribution in [0.1, 0.15) is 36.3 Å². The van der Waals surface area contributed by atoms with Crippen molar-refractivity contribution in [1.29, 1.82) is 0 Å². The van der Waals surface area contributed by atoms with Crippen LogP contribution in [0.2, 0.25) is 0 Å². The molecular formula is C16H24NO2+. The minimum atomic E-state index is 0.270. The van der Waals surface area contributed by atoms with Gasteiger partial charge in [-0.2, -0.15) is 0 Å². The molecule has 2 aliphatic rings. The van der Waals surface area contributed by atoms with Gasteiger partial charge in [-0.05, 0) is 36.5 Å². The molecule has 1 aliphatic carbocycles. The number of benzene rings is 1. The van der Waals surface area contributed by atoms with Crippen molar-refractivity contribution in [2.24, 2.45) is 0 Å². The molecule has 3 nitrogen and oxygen atoms in total. The summed E-state index contributed by atoms with van der Waals surface area (Å²) in [5.74, 6) is 1.03. The Morgan fingerprint density at radius 3 is 2.95 bits per heavy atom. The summed E-state index contributed by atoms with van der Waals surface area (Å²) >= 11 is 0. The number of phenols is 1. The maximum atomic E-state index is 10.0. The Kier molecular flexibility index (Phi) is 3.27. The molecule has 2 N–H and O–H groups in total. The third kappa shape index (κ3) is 2.05. The minimum Gasteiger partial charge on any atom is -0.508 e. The second-order valence-corrected chi connectivity index (χ2v) is 6.35. The Morgan fingerprint density at radius 1 is 1.32 bits per heavy atom. The van der Waals surface area contributed by atoms with E-state index < -0.39 is 0 Å². The summed E-state index contributed by atoms with van der Waals surface area (Å²) in [6, 6.07) is 6.58. The number of hydrogen-bond acceptors (Lipinski definition) is 2. The maximum absolute atomic E-state index is 10.0. The summed E-state index contributed by atoms with van der Waals surface area (Å²) in [5, 5.41) is 19.4. The summed E-state index contributed by atoms with van der Waals surface area (Å²) in [5.41, 5.74) is 2.53. The molecule has 1 fully saturated rings. The van der Waals surface area contributed by atoms with Crippen molar-refractivity contribution < 1.29 is 14.7 Å². The van der Waals surface area contributed by atoms with E-state index in [1.54, 1.807) is 0 Å². The molecular weight excluding hydrogens is 238 g/mol. The van der Waals surface area contributed by atoms with Crippen molar-refractivity contribution in [3.05, 3.63) is 29.3 Å². The number of phenolic OH excluding ortho intramolecular Hbond substituents is 1. The van der Waals surface area contributed by atoms with Crippen molar-refractivity contribution in [3.63, 3.8) is 0 Å². The highest BCUT2D eigenvalue weighted by molar-refractivity contribution is 5.43. The normalized spacial score (nSPS) is 33.6. The van der Waals surface area contributed by atoms with E-state index in [0.29, 0.717) is 17.7 Å². The Bertz CT molecular complexity index is 470. The highest BCUT2D eigenvalue weighted by Gasteiger charge is 2.45. The quantitative estimate of drug-likeness (QED) is 0.801. The third-order valence-electron chi connectivity index (χ3n) is 5.34. The van der Waals surface area contributed by atoms with Crippen LogP contribution in [0.15, 0.2) is 18.2 Å². The third-order valence-corrected chi connectivity index (χ3v) is 5.34. The van der Waals surface area contributed by atoms with Crippen molar-refractivity contribution in [2.45, 2.75) is 37.6 Å². The Balaban J connectivity index is 1.97. The number of aromatic hydroxyl groups is 1. The number of hydrogen-bond donors (Lipinski definition) is 2. The molecule has 3 atom stereocenters. The van der Waals surface area contributed by atoms with Gasteiger partial charge >= 0.3 is 0 Å². The molecule has 3 rings (SSSR count). The summed E-state index contributed by atoms with van der Waals surface area (Å²) in [6.45, 7) is 2.30. The van der Waals surface area contributed by atoms with Gasteiger partial charge in [0.1, 0.15) is 12.3 Å². The lowest BCUT2D eigenvalue weighted by atomic mass is 9.73. The summed E-state index contributed by atoms with van der Waals surface area (Å²) in [4.78, 5) is 0. The molecule has 104 valence electrons. The highest BCUT2D eigenvalue weighted by Crippen LogP contribution is 2.45. The Labute approximate surface area is 115 Å². The van der Waals surface area contributed by atoms with Crippen molar-refractivity contribution in [1.82, 2.24) is 0 Å². The number of piperidine rings is 1. The van der Waals surface area contributed by atoms with Crippen LogP contribution < -0.4 is 0 Å². The van der Waals surface area contributed by atoms with Crippen LogP contribution >= 0.6 is 0 Å². The van der Waals surface area contributed by atoms with E-state index in [0.717, 1.165) is 23.9 Å². The molecule has 0 aromatic heterocycles. The number of aliphatic hydroxyl groups excluding tert-OH is 1. The van der Waals surface area contributed by atoms with Crippen LogP contribution in [0.3, 0.4) is 0 Å². The van der Waals surface area contributed by atoms with E-state index in [4.69, 9.17) is 0 Å². The molecule has 19 heavy (non-hydrogen) atoms. The molecule has 1 aromatic rings. The van der Waals surface area contributed by atoms with E-state index in [-0.39, 0.29) is 6.61 Å². The molecule has 0 radical (unpaired) electrons. The van der Waals surface area contributed by atoms with Crippen molar-refractivity contribution >= 4 is 0 Å². The lowest BCUT2D eigenvalue weighted by molar-refractivity contribution is -0.940. The first kappa shape index (κ1) is 12.9. The molecule has 3 heteroatoms. The van der Waals surface area contributed by atoms with Gasteiger partial charge in [0.2, 0.25) is 0 Å². The van der Waals surface area contributed by atoms with Crippen LogP contribution in [-0.2, 0) is 6.42 Å². The number of aliphatic hydroxyl groups is 1. The van der Waals surface area contributed by atoms with Gasteiger partial charge in [0.15, 0.2) is 0 Å². The number of quaternary nitrogens is 1. The van der Waals surface area contributed by atoms with Gasteiger partial charge in [0.25, 0.3) is 0 Å². The standard InChI is InChI=1S/C16H23NO2/c1-17(10-11-18)9-3-5-13-12-4-2-6-16(19)14(12)7-8-15(13)17/h2,4,6,13,15,18H,3,5,7-11H2,1H3/p+1. The first-order valence-corrected chi connectivity index (χ1v) is 7.41. The van der Waals surface area contributed by atoms with Gasteiger partial charge in [0.05, 0.1) is 26.2 Å². The molecule has 1 heterocycles. The predicted molar refractivity (Wildman–Crippen MR) is 75.2 cm³/mol. The van der Waals surface area contributed by atoms with Crippen LogP contribution in [0.4, 0.5) is 0 Å². The van der Waals surface area contributed by atoms with E-state index in [1.165, 1.54) is 30.5 Å². The minimum absolute atomic E-state index is 0.270. The van der Waals surface area contributed by atoms with Crippen LogP contribution in [0, 0.1) is 0 Å². The first-order valence-electron chi connectivity index (χ1n) is 7.41. The SMILES string of the molecule is C[N+]1(CCO)CCCC2c3cccc(O)c3CCC21. The second-order valence-electron chi connectivity index (χ2n) is 6.35. The zero-order valence-electron chi connectivity index (χ0n) is 11.7. The van der Waals surface area contributed by atoms with Gasteiger partial charge in [-0.25, -0.2) is 0 Å². The summed E-state index contributed by atoms with van der Waals surface area (Å²) in [6.07, 6.45) is 4.54. The fraction of sp³-hybridized carbons (Fsp3) is 0.625. The zero-order chi connectivity index (χ0) is 13.5. The molecule has 0 bridgehead atoms. The van der Waals surface area contributed by atoms with E-state index in [1.807, 2.05) is 12.1 Å². The fourth-order valence-electron chi connectivity index (χ4n) is 4.35. The molecule has 3 unspecified atom stereocenters.